The first-order valence-corrected chi connectivity index (χ1v) is 9.92. The summed E-state index contributed by atoms with van der Waals surface area (Å²) in [6.45, 7) is 5.46. The van der Waals surface area contributed by atoms with Gasteiger partial charge >= 0.3 is 0 Å². The largest absolute Gasteiger partial charge is 0.503 e. The highest BCUT2D eigenvalue weighted by atomic mass is 32.1. The number of thiazole rings is 1. The number of para-hydroxylation sites is 1. The molecular weight excluding hydrogens is 386 g/mol. The van der Waals surface area contributed by atoms with E-state index in [1.165, 1.54) is 16.2 Å². The Morgan fingerprint density at radius 3 is 2.52 bits per heavy atom. The molecule has 2 aromatic heterocycles. The molecule has 0 bridgehead atoms. The Labute approximate surface area is 172 Å². The average molecular weight is 405 g/mol. The van der Waals surface area contributed by atoms with E-state index in [2.05, 4.69) is 9.97 Å². The molecule has 7 heteroatoms. The van der Waals surface area contributed by atoms with Crippen LogP contribution in [0.2, 0.25) is 0 Å². The van der Waals surface area contributed by atoms with Crippen molar-refractivity contribution in [2.24, 2.45) is 0 Å². The van der Waals surface area contributed by atoms with Crippen molar-refractivity contribution in [3.8, 4) is 0 Å². The molecule has 1 atom stereocenters. The minimum atomic E-state index is -0.772. The molecule has 0 fully saturated rings. The highest BCUT2D eigenvalue weighted by Crippen LogP contribution is 2.43. The van der Waals surface area contributed by atoms with E-state index in [1.54, 1.807) is 37.5 Å². The lowest BCUT2D eigenvalue weighted by molar-refractivity contribution is -0.117. The van der Waals surface area contributed by atoms with Crippen LogP contribution in [0, 0.1) is 20.8 Å². The van der Waals surface area contributed by atoms with Gasteiger partial charge in [0.25, 0.3) is 5.91 Å². The number of hydrogen-bond donors (Lipinski definition) is 1. The number of aliphatic hydroxyl groups is 1. The van der Waals surface area contributed by atoms with Crippen LogP contribution in [0.4, 0.5) is 5.69 Å². The predicted molar refractivity (Wildman–Crippen MR) is 111 cm³/mol. The number of aromatic nitrogens is 2. The molecule has 0 aliphatic carbocycles. The van der Waals surface area contributed by atoms with Gasteiger partial charge in [0.1, 0.15) is 0 Å². The number of pyridine rings is 1. The van der Waals surface area contributed by atoms with E-state index < -0.39 is 17.7 Å². The van der Waals surface area contributed by atoms with Gasteiger partial charge in [0.05, 0.1) is 27.2 Å². The van der Waals surface area contributed by atoms with Crippen LogP contribution in [0.25, 0.3) is 0 Å². The number of ketones is 1. The van der Waals surface area contributed by atoms with Crippen molar-refractivity contribution in [2.75, 3.05) is 4.90 Å². The second-order valence-electron chi connectivity index (χ2n) is 6.89. The quantitative estimate of drug-likeness (QED) is 0.656. The normalized spacial score (nSPS) is 16.6. The number of aliphatic hydroxyl groups excluding tert-OH is 1. The maximum Gasteiger partial charge on any atom is 0.294 e. The molecule has 4 rings (SSSR count). The fourth-order valence-corrected chi connectivity index (χ4v) is 4.51. The number of amides is 1. The van der Waals surface area contributed by atoms with E-state index >= 15 is 0 Å². The molecule has 3 aromatic rings. The third-order valence-corrected chi connectivity index (χ3v) is 6.01. The topological polar surface area (TPSA) is 83.4 Å². The SMILES string of the molecule is Cc1nc(C)c(C(=O)C2=C(O)C(=O)N(c3ccccc3C)C2c2cccnc2)s1. The lowest BCUT2D eigenvalue weighted by atomic mass is 9.95. The molecule has 0 saturated heterocycles. The Morgan fingerprint density at radius 1 is 1.14 bits per heavy atom. The highest BCUT2D eigenvalue weighted by Gasteiger charge is 2.45. The number of Topliss-reactive ketones (excluding diaryl/α,β-unsaturated/α-hetero) is 1. The van der Waals surface area contributed by atoms with Crippen LogP contribution in [0.5, 0.6) is 0 Å². The lowest BCUT2D eigenvalue weighted by Gasteiger charge is -2.27. The van der Waals surface area contributed by atoms with Gasteiger partial charge in [-0.25, -0.2) is 4.98 Å². The molecule has 0 saturated carbocycles. The van der Waals surface area contributed by atoms with Crippen LogP contribution in [-0.4, -0.2) is 26.8 Å². The van der Waals surface area contributed by atoms with E-state index in [4.69, 9.17) is 0 Å². The van der Waals surface area contributed by atoms with Gasteiger partial charge in [0, 0.05) is 18.1 Å². The third-order valence-electron chi connectivity index (χ3n) is 4.94. The van der Waals surface area contributed by atoms with Crippen molar-refractivity contribution in [1.29, 1.82) is 0 Å². The summed E-state index contributed by atoms with van der Waals surface area (Å²) >= 11 is 1.26. The summed E-state index contributed by atoms with van der Waals surface area (Å²) in [6.07, 6.45) is 3.24. The zero-order valence-corrected chi connectivity index (χ0v) is 17.0. The summed E-state index contributed by atoms with van der Waals surface area (Å²) in [5.41, 5.74) is 2.79. The second kappa shape index (κ2) is 7.25. The molecule has 1 aliphatic rings. The van der Waals surface area contributed by atoms with Crippen LogP contribution >= 0.6 is 11.3 Å². The molecule has 29 heavy (non-hydrogen) atoms. The summed E-state index contributed by atoms with van der Waals surface area (Å²) in [5.74, 6) is -1.52. The molecule has 146 valence electrons. The van der Waals surface area contributed by atoms with E-state index in [0.29, 0.717) is 21.8 Å². The summed E-state index contributed by atoms with van der Waals surface area (Å²) < 4.78 is 0. The van der Waals surface area contributed by atoms with Crippen molar-refractivity contribution in [3.63, 3.8) is 0 Å². The Bertz CT molecular complexity index is 1150. The van der Waals surface area contributed by atoms with Gasteiger partial charge in [-0.1, -0.05) is 24.3 Å². The Morgan fingerprint density at radius 2 is 1.90 bits per heavy atom. The van der Waals surface area contributed by atoms with Gasteiger partial charge in [0.2, 0.25) is 5.78 Å². The Hall–Kier alpha value is -3.32. The number of carbonyl (C=O) groups excluding carboxylic acids is 2. The Kier molecular flexibility index (Phi) is 4.76. The zero-order valence-electron chi connectivity index (χ0n) is 16.2. The second-order valence-corrected chi connectivity index (χ2v) is 8.09. The smallest absolute Gasteiger partial charge is 0.294 e. The third kappa shape index (κ3) is 3.13. The van der Waals surface area contributed by atoms with Crippen molar-refractivity contribution in [2.45, 2.75) is 26.8 Å². The minimum absolute atomic E-state index is 0.0537. The van der Waals surface area contributed by atoms with Crippen LogP contribution in [-0.2, 0) is 4.79 Å². The summed E-state index contributed by atoms with van der Waals surface area (Å²) in [7, 11) is 0. The standard InChI is InChI=1S/C22H19N3O3S/c1-12-7-4-5-9-16(12)25-18(15-8-6-10-23-11-15)17(20(27)22(25)28)19(26)21-13(2)24-14(3)29-21/h4-11,18,27H,1-3H3. The molecule has 1 amide bonds. The van der Waals surface area contributed by atoms with Gasteiger partial charge in [0.15, 0.2) is 5.76 Å². The average Bonchev–Trinajstić information content (AvgIpc) is 3.18. The Balaban J connectivity index is 1.91. The van der Waals surface area contributed by atoms with E-state index in [9.17, 15) is 14.7 Å². The molecule has 6 nitrogen and oxygen atoms in total. The highest BCUT2D eigenvalue weighted by molar-refractivity contribution is 7.14. The van der Waals surface area contributed by atoms with Gasteiger partial charge < -0.3 is 5.11 Å². The zero-order chi connectivity index (χ0) is 20.7. The fourth-order valence-electron chi connectivity index (χ4n) is 3.64. The maximum atomic E-state index is 13.4. The van der Waals surface area contributed by atoms with Crippen LogP contribution < -0.4 is 4.90 Å². The molecule has 1 aliphatic heterocycles. The summed E-state index contributed by atoms with van der Waals surface area (Å²) in [6, 6.07) is 10.2. The molecule has 0 radical (unpaired) electrons. The number of anilines is 1. The number of rotatable bonds is 4. The summed E-state index contributed by atoms with van der Waals surface area (Å²) in [4.78, 5) is 36.9. The van der Waals surface area contributed by atoms with Crippen molar-refractivity contribution >= 4 is 28.7 Å². The molecular formula is C22H19N3O3S. The first kappa shape index (κ1) is 19.0. The minimum Gasteiger partial charge on any atom is -0.503 e. The van der Waals surface area contributed by atoms with Gasteiger partial charge in [-0.2, -0.15) is 0 Å². The van der Waals surface area contributed by atoms with Crippen LogP contribution in [0.15, 0.2) is 60.1 Å². The first-order chi connectivity index (χ1) is 13.9. The lowest BCUT2D eigenvalue weighted by Crippen LogP contribution is -2.31. The van der Waals surface area contributed by atoms with E-state index in [-0.39, 0.29) is 11.4 Å². The fraction of sp³-hybridized carbons (Fsp3) is 0.182. The van der Waals surface area contributed by atoms with Gasteiger partial charge in [-0.3, -0.25) is 19.5 Å². The van der Waals surface area contributed by atoms with Crippen molar-refractivity contribution < 1.29 is 14.7 Å². The predicted octanol–water partition coefficient (Wildman–Crippen LogP) is 4.25. The van der Waals surface area contributed by atoms with Crippen LogP contribution in [0.1, 0.15) is 37.5 Å². The van der Waals surface area contributed by atoms with Crippen LogP contribution in [0.3, 0.4) is 0 Å². The molecule has 0 spiro atoms. The van der Waals surface area contributed by atoms with Gasteiger partial charge in [-0.05, 0) is 44.0 Å². The van der Waals surface area contributed by atoms with E-state index in [1.807, 2.05) is 32.0 Å². The van der Waals surface area contributed by atoms with Crippen molar-refractivity contribution in [1.82, 2.24) is 9.97 Å². The first-order valence-electron chi connectivity index (χ1n) is 9.11. The van der Waals surface area contributed by atoms with E-state index in [0.717, 1.165) is 10.6 Å². The maximum absolute atomic E-state index is 13.4. The molecule has 1 aromatic carbocycles. The molecule has 3 heterocycles. The number of carbonyl (C=O) groups is 2. The number of hydrogen-bond acceptors (Lipinski definition) is 6. The van der Waals surface area contributed by atoms with Gasteiger partial charge in [-0.15, -0.1) is 11.3 Å². The molecule has 1 N–H and O–H groups in total. The number of nitrogens with zero attached hydrogens (tertiary/aromatic N) is 3. The number of aryl methyl sites for hydroxylation is 3. The number of benzene rings is 1. The van der Waals surface area contributed by atoms with Crippen molar-refractivity contribution in [3.05, 3.63) is 86.8 Å². The summed E-state index contributed by atoms with van der Waals surface area (Å²) in [5, 5.41) is 11.5. The monoisotopic (exact) mass is 405 g/mol. The molecule has 1 unspecified atom stereocenters.